The van der Waals surface area contributed by atoms with Crippen molar-refractivity contribution in [1.82, 2.24) is 20.4 Å². The van der Waals surface area contributed by atoms with Crippen LogP contribution in [0.15, 0.2) is 22.9 Å². The van der Waals surface area contributed by atoms with Crippen molar-refractivity contribution >= 4 is 11.9 Å². The predicted molar refractivity (Wildman–Crippen MR) is 82.5 cm³/mol. The Balaban J connectivity index is 1.78. The average Bonchev–Trinajstić information content (AvgIpc) is 3.30. The quantitative estimate of drug-likeness (QED) is 0.833. The van der Waals surface area contributed by atoms with Crippen LogP contribution in [0.25, 0.3) is 0 Å². The first-order valence-corrected chi connectivity index (χ1v) is 7.79. The third-order valence-corrected chi connectivity index (χ3v) is 3.86. The van der Waals surface area contributed by atoms with Gasteiger partial charge >= 0.3 is 5.97 Å². The van der Waals surface area contributed by atoms with E-state index in [0.29, 0.717) is 17.6 Å². The highest BCUT2D eigenvalue weighted by Crippen LogP contribution is 2.38. The van der Waals surface area contributed by atoms with Crippen LogP contribution in [0.1, 0.15) is 71.2 Å². The number of hydrogen-bond donors (Lipinski definition) is 2. The molecular weight excluding hydrogens is 312 g/mol. The van der Waals surface area contributed by atoms with E-state index in [1.807, 2.05) is 13.8 Å². The summed E-state index contributed by atoms with van der Waals surface area (Å²) in [6, 6.07) is 2.10. The fraction of sp³-hybridized carbons (Fsp3) is 0.438. The molecule has 2 heterocycles. The summed E-state index contributed by atoms with van der Waals surface area (Å²) in [5.74, 6) is -0.185. The van der Waals surface area contributed by atoms with Crippen molar-refractivity contribution < 1.29 is 19.2 Å². The standard InChI is InChI=1S/C16H18N4O4/c1-8(2)12(15-19-13(20-24-15)9-3-4-9)18-14(21)11-7-10(16(22)23)5-6-17-11/h5-9,12H,3-4H2,1-2H3,(H,18,21)(H,22,23)/t12-/m1/s1. The van der Waals surface area contributed by atoms with Crippen LogP contribution in [0.2, 0.25) is 0 Å². The molecule has 24 heavy (non-hydrogen) atoms. The number of carboxylic acids is 1. The number of carbonyl (C=O) groups excluding carboxylic acids is 1. The summed E-state index contributed by atoms with van der Waals surface area (Å²) in [4.78, 5) is 31.7. The first-order chi connectivity index (χ1) is 11.5. The molecule has 1 aliphatic rings. The lowest BCUT2D eigenvalue weighted by molar-refractivity contribution is 0.0696. The van der Waals surface area contributed by atoms with Gasteiger partial charge in [0.15, 0.2) is 5.82 Å². The second-order valence-electron chi connectivity index (χ2n) is 6.20. The smallest absolute Gasteiger partial charge is 0.335 e. The van der Waals surface area contributed by atoms with Gasteiger partial charge in [-0.2, -0.15) is 4.98 Å². The maximum Gasteiger partial charge on any atom is 0.335 e. The van der Waals surface area contributed by atoms with Crippen molar-refractivity contribution in [3.63, 3.8) is 0 Å². The fourth-order valence-electron chi connectivity index (χ4n) is 2.30. The molecule has 1 fully saturated rings. The highest BCUT2D eigenvalue weighted by Gasteiger charge is 2.31. The predicted octanol–water partition coefficient (Wildman–Crippen LogP) is 2.17. The molecule has 0 aromatic carbocycles. The molecule has 1 saturated carbocycles. The fourth-order valence-corrected chi connectivity index (χ4v) is 2.30. The van der Waals surface area contributed by atoms with Crippen LogP contribution in [0.4, 0.5) is 0 Å². The van der Waals surface area contributed by atoms with Gasteiger partial charge in [0.1, 0.15) is 11.7 Å². The van der Waals surface area contributed by atoms with Crippen molar-refractivity contribution in [2.45, 2.75) is 38.6 Å². The minimum absolute atomic E-state index is 0.00468. The Kier molecular flexibility index (Phi) is 4.28. The van der Waals surface area contributed by atoms with Crippen LogP contribution in [-0.4, -0.2) is 32.1 Å². The van der Waals surface area contributed by atoms with Crippen LogP contribution in [0, 0.1) is 5.92 Å². The lowest BCUT2D eigenvalue weighted by Gasteiger charge is -2.18. The molecule has 8 heteroatoms. The van der Waals surface area contributed by atoms with Crippen molar-refractivity contribution in [2.24, 2.45) is 5.92 Å². The van der Waals surface area contributed by atoms with E-state index in [0.717, 1.165) is 12.8 Å². The number of hydrogen-bond acceptors (Lipinski definition) is 6. The first kappa shape index (κ1) is 16.1. The summed E-state index contributed by atoms with van der Waals surface area (Å²) in [6.45, 7) is 3.85. The van der Waals surface area contributed by atoms with Gasteiger partial charge in [0, 0.05) is 12.1 Å². The molecule has 2 N–H and O–H groups in total. The van der Waals surface area contributed by atoms with Gasteiger partial charge in [-0.3, -0.25) is 9.78 Å². The summed E-state index contributed by atoms with van der Waals surface area (Å²) in [6.07, 6.45) is 3.41. The summed E-state index contributed by atoms with van der Waals surface area (Å²) in [5, 5.41) is 15.8. The first-order valence-electron chi connectivity index (χ1n) is 7.79. The Hall–Kier alpha value is -2.77. The third-order valence-electron chi connectivity index (χ3n) is 3.86. The van der Waals surface area contributed by atoms with E-state index >= 15 is 0 Å². The molecule has 3 rings (SSSR count). The number of aromatic carboxylic acids is 1. The van der Waals surface area contributed by atoms with E-state index in [9.17, 15) is 9.59 Å². The van der Waals surface area contributed by atoms with Crippen LogP contribution in [-0.2, 0) is 0 Å². The highest BCUT2D eigenvalue weighted by molar-refractivity contribution is 5.95. The van der Waals surface area contributed by atoms with Crippen LogP contribution >= 0.6 is 0 Å². The zero-order valence-electron chi connectivity index (χ0n) is 13.4. The van der Waals surface area contributed by atoms with Crippen molar-refractivity contribution in [2.75, 3.05) is 0 Å². The van der Waals surface area contributed by atoms with Gasteiger partial charge in [0.05, 0.1) is 5.56 Å². The van der Waals surface area contributed by atoms with E-state index in [4.69, 9.17) is 9.63 Å². The molecule has 0 aliphatic heterocycles. The van der Waals surface area contributed by atoms with E-state index in [2.05, 4.69) is 20.4 Å². The van der Waals surface area contributed by atoms with E-state index in [-0.39, 0.29) is 17.2 Å². The minimum Gasteiger partial charge on any atom is -0.478 e. The number of amides is 1. The molecule has 1 atom stereocenters. The monoisotopic (exact) mass is 330 g/mol. The lowest BCUT2D eigenvalue weighted by Crippen LogP contribution is -2.32. The Morgan fingerprint density at radius 1 is 1.38 bits per heavy atom. The van der Waals surface area contributed by atoms with E-state index < -0.39 is 17.9 Å². The number of carbonyl (C=O) groups is 2. The summed E-state index contributed by atoms with van der Waals surface area (Å²) in [5.41, 5.74) is 0.0348. The van der Waals surface area contributed by atoms with Gasteiger partial charge in [-0.15, -0.1) is 0 Å². The van der Waals surface area contributed by atoms with Gasteiger partial charge in [0.2, 0.25) is 5.89 Å². The molecule has 8 nitrogen and oxygen atoms in total. The van der Waals surface area contributed by atoms with E-state index in [1.54, 1.807) is 0 Å². The van der Waals surface area contributed by atoms with Crippen molar-refractivity contribution in [3.8, 4) is 0 Å². The molecule has 0 saturated heterocycles. The van der Waals surface area contributed by atoms with Crippen molar-refractivity contribution in [1.29, 1.82) is 0 Å². The number of rotatable bonds is 6. The van der Waals surface area contributed by atoms with Gasteiger partial charge in [-0.1, -0.05) is 19.0 Å². The molecule has 0 unspecified atom stereocenters. The number of carboxylic acid groups (broad SMARTS) is 1. The van der Waals surface area contributed by atoms with Crippen LogP contribution < -0.4 is 5.32 Å². The average molecular weight is 330 g/mol. The van der Waals surface area contributed by atoms with Crippen LogP contribution in [0.3, 0.4) is 0 Å². The Bertz CT molecular complexity index is 767. The van der Waals surface area contributed by atoms with Gasteiger partial charge < -0.3 is 14.9 Å². The molecule has 2 aromatic heterocycles. The molecule has 1 amide bonds. The van der Waals surface area contributed by atoms with Gasteiger partial charge in [-0.25, -0.2) is 4.79 Å². The molecule has 1 aliphatic carbocycles. The number of pyridine rings is 1. The number of aromatic nitrogens is 3. The van der Waals surface area contributed by atoms with E-state index in [1.165, 1.54) is 18.3 Å². The molecule has 0 spiro atoms. The van der Waals surface area contributed by atoms with Gasteiger partial charge in [-0.05, 0) is 30.9 Å². The van der Waals surface area contributed by atoms with Crippen LogP contribution in [0.5, 0.6) is 0 Å². The number of nitrogens with zero attached hydrogens (tertiary/aromatic N) is 3. The lowest BCUT2D eigenvalue weighted by atomic mass is 10.0. The molecule has 0 radical (unpaired) electrons. The van der Waals surface area contributed by atoms with Gasteiger partial charge in [0.25, 0.3) is 5.91 Å². The Labute approximate surface area is 138 Å². The molecule has 0 bridgehead atoms. The topological polar surface area (TPSA) is 118 Å². The Morgan fingerprint density at radius 2 is 2.12 bits per heavy atom. The zero-order valence-corrected chi connectivity index (χ0v) is 13.4. The number of nitrogens with one attached hydrogen (secondary N) is 1. The SMILES string of the molecule is CC(C)[C@@H](NC(=O)c1cc(C(=O)O)ccn1)c1nc(C2CC2)no1. The maximum absolute atomic E-state index is 12.4. The summed E-state index contributed by atoms with van der Waals surface area (Å²) < 4.78 is 5.30. The second-order valence-corrected chi connectivity index (χ2v) is 6.20. The third kappa shape index (κ3) is 3.42. The molecule has 2 aromatic rings. The molecular formula is C16H18N4O4. The second kappa shape index (κ2) is 6.38. The summed E-state index contributed by atoms with van der Waals surface area (Å²) in [7, 11) is 0. The highest BCUT2D eigenvalue weighted by atomic mass is 16.5. The largest absolute Gasteiger partial charge is 0.478 e. The minimum atomic E-state index is -1.11. The summed E-state index contributed by atoms with van der Waals surface area (Å²) >= 11 is 0. The van der Waals surface area contributed by atoms with Crippen molar-refractivity contribution in [3.05, 3.63) is 41.3 Å². The maximum atomic E-state index is 12.4. The Morgan fingerprint density at radius 3 is 2.75 bits per heavy atom. The zero-order chi connectivity index (χ0) is 17.3. The normalized spacial score (nSPS) is 15.3. The molecule has 126 valence electrons.